The third-order valence-corrected chi connectivity index (χ3v) is 2.17. The molecule has 0 N–H and O–H groups in total. The molecule has 0 spiro atoms. The van der Waals surface area contributed by atoms with Gasteiger partial charge in [-0.15, -0.1) is 0 Å². The van der Waals surface area contributed by atoms with E-state index in [0.29, 0.717) is 0 Å². The van der Waals surface area contributed by atoms with Crippen LogP contribution in [0.4, 0.5) is 0 Å². The summed E-state index contributed by atoms with van der Waals surface area (Å²) in [5, 5.41) is 1.79. The van der Waals surface area contributed by atoms with E-state index >= 15 is 0 Å². The van der Waals surface area contributed by atoms with Crippen LogP contribution >= 0.6 is 0 Å². The van der Waals surface area contributed by atoms with Gasteiger partial charge in [0.25, 0.3) is 0 Å². The standard InChI is InChI=1S/C7H4O.C6H7N/c8-7-5-3-1-2-4-6(5)7;1-6-4-2-3-5-7-6/h1-4H;2-5H,1H3. The van der Waals surface area contributed by atoms with E-state index < -0.39 is 0 Å². The Labute approximate surface area is 87.9 Å². The molecule has 0 bridgehead atoms. The molecular formula is C13H11NO. The van der Waals surface area contributed by atoms with Gasteiger partial charge < -0.3 is 0 Å². The van der Waals surface area contributed by atoms with Crippen LogP contribution in [0.25, 0.3) is 10.8 Å². The van der Waals surface area contributed by atoms with Crippen LogP contribution in [0, 0.1) is 6.92 Å². The van der Waals surface area contributed by atoms with Crippen molar-refractivity contribution in [1.29, 1.82) is 0 Å². The highest BCUT2D eigenvalue weighted by Crippen LogP contribution is 2.11. The van der Waals surface area contributed by atoms with Crippen molar-refractivity contribution in [3.8, 4) is 0 Å². The molecule has 0 aliphatic heterocycles. The van der Waals surface area contributed by atoms with Crippen molar-refractivity contribution in [2.24, 2.45) is 0 Å². The Balaban J connectivity index is 0.000000115. The minimum Gasteiger partial charge on any atom is -0.289 e. The molecule has 2 heteroatoms. The second kappa shape index (κ2) is 4.05. The van der Waals surface area contributed by atoms with E-state index in [0.717, 1.165) is 16.5 Å². The van der Waals surface area contributed by atoms with Crippen LogP contribution < -0.4 is 5.43 Å². The zero-order valence-electron chi connectivity index (χ0n) is 8.47. The summed E-state index contributed by atoms with van der Waals surface area (Å²) in [6, 6.07) is 13.3. The largest absolute Gasteiger partial charge is 0.289 e. The van der Waals surface area contributed by atoms with Crippen molar-refractivity contribution in [3.05, 3.63) is 64.6 Å². The first-order valence-electron chi connectivity index (χ1n) is 4.80. The lowest BCUT2D eigenvalue weighted by atomic mass is 10.4. The molecule has 0 saturated heterocycles. The monoisotopic (exact) mass is 197 g/mol. The molecule has 0 atom stereocenters. The highest BCUT2D eigenvalue weighted by molar-refractivity contribution is 5.96. The van der Waals surface area contributed by atoms with Gasteiger partial charge in [-0.25, -0.2) is 0 Å². The Kier molecular flexibility index (Phi) is 2.59. The first kappa shape index (κ1) is 9.59. The Morgan fingerprint density at radius 1 is 0.933 bits per heavy atom. The minimum absolute atomic E-state index is 0.218. The Hall–Kier alpha value is -1.96. The van der Waals surface area contributed by atoms with Gasteiger partial charge in [-0.05, 0) is 19.1 Å². The van der Waals surface area contributed by atoms with Crippen LogP contribution in [0.5, 0.6) is 0 Å². The molecule has 0 radical (unpaired) electrons. The van der Waals surface area contributed by atoms with Crippen LogP contribution in [-0.4, -0.2) is 4.98 Å². The Morgan fingerprint density at radius 2 is 1.53 bits per heavy atom. The lowest BCUT2D eigenvalue weighted by Crippen LogP contribution is -1.72. The summed E-state index contributed by atoms with van der Waals surface area (Å²) in [5.74, 6) is 0. The summed E-state index contributed by atoms with van der Waals surface area (Å²) in [6.45, 7) is 1.97. The maximum Gasteiger partial charge on any atom is 0.194 e. The van der Waals surface area contributed by atoms with Crippen LogP contribution in [-0.2, 0) is 0 Å². The van der Waals surface area contributed by atoms with Gasteiger partial charge in [0.1, 0.15) is 0 Å². The molecule has 3 aromatic rings. The van der Waals surface area contributed by atoms with Crippen LogP contribution in [0.3, 0.4) is 0 Å². The normalized spacial score (nSPS) is 9.93. The van der Waals surface area contributed by atoms with Gasteiger partial charge in [0.15, 0.2) is 5.43 Å². The van der Waals surface area contributed by atoms with E-state index in [-0.39, 0.29) is 5.43 Å². The van der Waals surface area contributed by atoms with E-state index in [2.05, 4.69) is 4.98 Å². The predicted octanol–water partition coefficient (Wildman–Crippen LogP) is 2.47. The number of benzene rings is 1. The van der Waals surface area contributed by atoms with Gasteiger partial charge in [0.2, 0.25) is 0 Å². The summed E-state index contributed by atoms with van der Waals surface area (Å²) in [6.07, 6.45) is 1.79. The third kappa shape index (κ3) is 2.29. The van der Waals surface area contributed by atoms with Gasteiger partial charge >= 0.3 is 0 Å². The van der Waals surface area contributed by atoms with Crippen molar-refractivity contribution in [2.75, 3.05) is 0 Å². The minimum atomic E-state index is 0.218. The lowest BCUT2D eigenvalue weighted by Gasteiger charge is -1.82. The van der Waals surface area contributed by atoms with Gasteiger partial charge in [-0.2, -0.15) is 0 Å². The quantitative estimate of drug-likeness (QED) is 0.554. The highest BCUT2D eigenvalue weighted by Gasteiger charge is 2.07. The third-order valence-electron chi connectivity index (χ3n) is 2.17. The van der Waals surface area contributed by atoms with E-state index in [4.69, 9.17) is 0 Å². The molecule has 2 nitrogen and oxygen atoms in total. The zero-order chi connectivity index (χ0) is 10.7. The molecule has 0 unspecified atom stereocenters. The van der Waals surface area contributed by atoms with Gasteiger partial charge in [-0.1, -0.05) is 30.3 Å². The molecule has 2 aromatic carbocycles. The summed E-state index contributed by atoms with van der Waals surface area (Å²) in [5.41, 5.74) is 1.29. The SMILES string of the molecule is Cc1ccccn1.O=c1c2ccccc12. The number of rotatable bonds is 0. The summed E-state index contributed by atoms with van der Waals surface area (Å²) in [4.78, 5) is 14.5. The number of aryl methyl sites for hydroxylation is 1. The number of nitrogens with zero attached hydrogens (tertiary/aromatic N) is 1. The molecule has 0 aliphatic carbocycles. The summed E-state index contributed by atoms with van der Waals surface area (Å²) in [7, 11) is 0. The Bertz CT molecular complexity index is 531. The van der Waals surface area contributed by atoms with Gasteiger partial charge in [0, 0.05) is 22.7 Å². The number of hydrogen-bond acceptors (Lipinski definition) is 2. The molecule has 0 fully saturated rings. The lowest BCUT2D eigenvalue weighted by molar-refractivity contribution is 1.20. The fourth-order valence-corrected chi connectivity index (χ4v) is 1.28. The molecule has 0 saturated carbocycles. The molecule has 0 aliphatic rings. The zero-order valence-corrected chi connectivity index (χ0v) is 8.47. The van der Waals surface area contributed by atoms with E-state index in [1.54, 1.807) is 6.20 Å². The van der Waals surface area contributed by atoms with Crippen molar-refractivity contribution >= 4 is 10.8 Å². The fourth-order valence-electron chi connectivity index (χ4n) is 1.28. The fraction of sp³-hybridized carbons (Fsp3) is 0.0769. The second-order valence-corrected chi connectivity index (χ2v) is 3.35. The maximum atomic E-state index is 10.5. The topological polar surface area (TPSA) is 30.0 Å². The van der Waals surface area contributed by atoms with E-state index in [1.807, 2.05) is 49.4 Å². The van der Waals surface area contributed by atoms with Crippen LogP contribution in [0.15, 0.2) is 53.5 Å². The van der Waals surface area contributed by atoms with Crippen molar-refractivity contribution in [2.45, 2.75) is 6.92 Å². The van der Waals surface area contributed by atoms with Crippen molar-refractivity contribution in [3.63, 3.8) is 0 Å². The second-order valence-electron chi connectivity index (χ2n) is 3.35. The number of hydrogen-bond donors (Lipinski definition) is 0. The van der Waals surface area contributed by atoms with Crippen LogP contribution in [0.2, 0.25) is 0 Å². The first-order chi connectivity index (χ1) is 7.29. The predicted molar refractivity (Wildman–Crippen MR) is 61.6 cm³/mol. The molecule has 3 rings (SSSR count). The molecular weight excluding hydrogens is 186 g/mol. The smallest absolute Gasteiger partial charge is 0.194 e. The number of pyridine rings is 1. The molecule has 1 aromatic heterocycles. The maximum absolute atomic E-state index is 10.5. The molecule has 74 valence electrons. The van der Waals surface area contributed by atoms with E-state index in [1.165, 1.54) is 0 Å². The number of aromatic nitrogens is 1. The molecule has 1 heterocycles. The Morgan fingerprint density at radius 3 is 1.87 bits per heavy atom. The molecule has 0 amide bonds. The van der Waals surface area contributed by atoms with Gasteiger partial charge in [-0.3, -0.25) is 9.78 Å². The van der Waals surface area contributed by atoms with E-state index in [9.17, 15) is 4.79 Å². The van der Waals surface area contributed by atoms with Crippen LogP contribution in [0.1, 0.15) is 5.69 Å². The molecule has 15 heavy (non-hydrogen) atoms. The average molecular weight is 197 g/mol. The summed E-state index contributed by atoms with van der Waals surface area (Å²) < 4.78 is 0. The highest BCUT2D eigenvalue weighted by atomic mass is 16.1. The van der Waals surface area contributed by atoms with Gasteiger partial charge in [0.05, 0.1) is 0 Å². The van der Waals surface area contributed by atoms with Crippen molar-refractivity contribution in [1.82, 2.24) is 4.98 Å². The number of fused-ring (bicyclic) bond motifs is 1. The first-order valence-corrected chi connectivity index (χ1v) is 4.80. The summed E-state index contributed by atoms with van der Waals surface area (Å²) >= 11 is 0. The average Bonchev–Trinajstić information content (AvgIpc) is 2.93. The van der Waals surface area contributed by atoms with Crippen molar-refractivity contribution < 1.29 is 0 Å².